The monoisotopic (exact) mass is 389 g/mol. The second kappa shape index (κ2) is 6.19. The molecule has 5 heteroatoms. The van der Waals surface area contributed by atoms with E-state index >= 15 is 0 Å². The van der Waals surface area contributed by atoms with Gasteiger partial charge in [-0.15, -0.1) is 11.3 Å². The maximum atomic E-state index is 5.22. The molecule has 0 spiro atoms. The molecule has 2 rings (SSSR count). The zero-order chi connectivity index (χ0) is 13.1. The van der Waals surface area contributed by atoms with Crippen molar-refractivity contribution in [1.82, 2.24) is 5.32 Å². The Balaban J connectivity index is 2.42. The summed E-state index contributed by atoms with van der Waals surface area (Å²) in [6, 6.07) is 8.28. The number of nitrogens with one attached hydrogen (secondary N) is 1. The van der Waals surface area contributed by atoms with Crippen LogP contribution in [0.4, 0.5) is 0 Å². The quantitative estimate of drug-likeness (QED) is 0.824. The molecule has 0 aliphatic carbocycles. The van der Waals surface area contributed by atoms with Gasteiger partial charge in [-0.2, -0.15) is 0 Å². The van der Waals surface area contributed by atoms with E-state index in [0.717, 1.165) is 14.7 Å². The van der Waals surface area contributed by atoms with Crippen LogP contribution in [0, 0.1) is 0 Å². The molecule has 96 valence electrons. The van der Waals surface area contributed by atoms with Crippen molar-refractivity contribution in [3.05, 3.63) is 49.0 Å². The fourth-order valence-corrected chi connectivity index (χ4v) is 4.12. The van der Waals surface area contributed by atoms with Crippen LogP contribution in [0.25, 0.3) is 0 Å². The van der Waals surface area contributed by atoms with E-state index in [0.29, 0.717) is 0 Å². The van der Waals surface area contributed by atoms with Crippen LogP contribution in [0.3, 0.4) is 0 Å². The summed E-state index contributed by atoms with van der Waals surface area (Å²) in [6.45, 7) is 0. The molecule has 0 saturated heterocycles. The molecule has 1 aromatic carbocycles. The molecule has 1 atom stereocenters. The predicted octanol–water partition coefficient (Wildman–Crippen LogP) is 4.59. The van der Waals surface area contributed by atoms with Crippen LogP contribution in [0.5, 0.6) is 5.75 Å². The number of halogens is 2. The van der Waals surface area contributed by atoms with Gasteiger partial charge in [0.05, 0.1) is 13.2 Å². The molecule has 1 N–H and O–H groups in total. The number of methoxy groups -OCH3 is 1. The van der Waals surface area contributed by atoms with Crippen LogP contribution >= 0.6 is 43.2 Å². The Kier molecular flexibility index (Phi) is 4.84. The summed E-state index contributed by atoms with van der Waals surface area (Å²) in [6.07, 6.45) is 0. The molecule has 0 aliphatic rings. The third-order valence-corrected chi connectivity index (χ3v) is 5.34. The van der Waals surface area contributed by atoms with Crippen LogP contribution < -0.4 is 10.1 Å². The average molecular weight is 391 g/mol. The maximum Gasteiger partial charge on any atom is 0.120 e. The van der Waals surface area contributed by atoms with Gasteiger partial charge in [0, 0.05) is 13.8 Å². The van der Waals surface area contributed by atoms with E-state index in [4.69, 9.17) is 4.74 Å². The first-order valence-electron chi connectivity index (χ1n) is 5.41. The topological polar surface area (TPSA) is 21.3 Å². The lowest BCUT2D eigenvalue weighted by Gasteiger charge is -2.18. The van der Waals surface area contributed by atoms with E-state index in [1.165, 1.54) is 10.4 Å². The first-order chi connectivity index (χ1) is 8.67. The summed E-state index contributed by atoms with van der Waals surface area (Å²) in [7, 11) is 3.64. The van der Waals surface area contributed by atoms with E-state index < -0.39 is 0 Å². The molecule has 0 amide bonds. The first-order valence-corrected chi connectivity index (χ1v) is 7.87. The van der Waals surface area contributed by atoms with Crippen molar-refractivity contribution < 1.29 is 4.74 Å². The number of rotatable bonds is 4. The number of ether oxygens (including phenoxy) is 1. The fourth-order valence-electron chi connectivity index (χ4n) is 1.81. The second-order valence-electron chi connectivity index (χ2n) is 3.74. The molecule has 2 nitrogen and oxygen atoms in total. The van der Waals surface area contributed by atoms with E-state index in [2.05, 4.69) is 54.7 Å². The Morgan fingerprint density at radius 3 is 2.50 bits per heavy atom. The summed E-state index contributed by atoms with van der Waals surface area (Å²) in [5.74, 6) is 0.853. The Morgan fingerprint density at radius 2 is 2.00 bits per heavy atom. The van der Waals surface area contributed by atoms with Crippen molar-refractivity contribution in [2.45, 2.75) is 6.04 Å². The zero-order valence-corrected chi connectivity index (χ0v) is 14.0. The van der Waals surface area contributed by atoms with E-state index in [1.807, 2.05) is 19.2 Å². The predicted molar refractivity (Wildman–Crippen MR) is 83.6 cm³/mol. The number of hydrogen-bond acceptors (Lipinski definition) is 3. The Bertz CT molecular complexity index is 542. The molecule has 0 fully saturated rings. The third kappa shape index (κ3) is 2.79. The molecule has 18 heavy (non-hydrogen) atoms. The molecule has 1 unspecified atom stereocenters. The lowest BCUT2D eigenvalue weighted by atomic mass is 10.1. The second-order valence-corrected chi connectivity index (χ2v) is 6.40. The molecular formula is C13H13Br2NOS. The van der Waals surface area contributed by atoms with E-state index in [9.17, 15) is 0 Å². The highest BCUT2D eigenvalue weighted by molar-refractivity contribution is 9.10. The van der Waals surface area contributed by atoms with Gasteiger partial charge in [0.2, 0.25) is 0 Å². The molecule has 0 bridgehead atoms. The summed E-state index contributed by atoms with van der Waals surface area (Å²) in [4.78, 5) is 1.27. The number of hydrogen-bond donors (Lipinski definition) is 1. The first kappa shape index (κ1) is 14.1. The number of thiophene rings is 1. The Hall–Kier alpha value is -0.360. The van der Waals surface area contributed by atoms with Crippen molar-refractivity contribution in [2.24, 2.45) is 0 Å². The highest BCUT2D eigenvalue weighted by atomic mass is 79.9. The smallest absolute Gasteiger partial charge is 0.120 e. The van der Waals surface area contributed by atoms with Gasteiger partial charge in [0.15, 0.2) is 0 Å². The van der Waals surface area contributed by atoms with Crippen LogP contribution in [0.1, 0.15) is 16.5 Å². The highest BCUT2D eigenvalue weighted by Crippen LogP contribution is 2.36. The van der Waals surface area contributed by atoms with Crippen molar-refractivity contribution in [2.75, 3.05) is 14.2 Å². The Labute approximate surface area is 128 Å². The van der Waals surface area contributed by atoms with E-state index in [1.54, 1.807) is 18.4 Å². The van der Waals surface area contributed by atoms with Crippen LogP contribution in [0.15, 0.2) is 38.6 Å². The van der Waals surface area contributed by atoms with E-state index in [-0.39, 0.29) is 6.04 Å². The molecule has 2 aromatic rings. The van der Waals surface area contributed by atoms with Crippen molar-refractivity contribution in [3.8, 4) is 5.75 Å². The summed E-state index contributed by atoms with van der Waals surface area (Å²) >= 11 is 8.93. The van der Waals surface area contributed by atoms with Crippen LogP contribution in [-0.2, 0) is 0 Å². The van der Waals surface area contributed by atoms with Gasteiger partial charge >= 0.3 is 0 Å². The normalized spacial score (nSPS) is 12.4. The molecule has 0 radical (unpaired) electrons. The lowest BCUT2D eigenvalue weighted by molar-refractivity contribution is 0.414. The Morgan fingerprint density at radius 1 is 1.22 bits per heavy atom. The minimum absolute atomic E-state index is 0.166. The molecule has 0 saturated carbocycles. The molecular weight excluding hydrogens is 378 g/mol. The van der Waals surface area contributed by atoms with Gasteiger partial charge in [-0.25, -0.2) is 0 Å². The highest BCUT2D eigenvalue weighted by Gasteiger charge is 2.18. The number of benzene rings is 1. The minimum Gasteiger partial charge on any atom is -0.497 e. The largest absolute Gasteiger partial charge is 0.497 e. The lowest BCUT2D eigenvalue weighted by Crippen LogP contribution is -2.17. The van der Waals surface area contributed by atoms with Gasteiger partial charge in [0.1, 0.15) is 5.75 Å². The van der Waals surface area contributed by atoms with Gasteiger partial charge in [-0.1, -0.05) is 22.0 Å². The summed E-state index contributed by atoms with van der Waals surface area (Å²) in [5, 5.41) is 5.43. The molecule has 1 aromatic heterocycles. The van der Waals surface area contributed by atoms with Crippen molar-refractivity contribution in [3.63, 3.8) is 0 Å². The third-order valence-electron chi connectivity index (χ3n) is 2.71. The molecule has 1 heterocycles. The average Bonchev–Trinajstić information content (AvgIpc) is 2.78. The van der Waals surface area contributed by atoms with Crippen LogP contribution in [0.2, 0.25) is 0 Å². The minimum atomic E-state index is 0.166. The summed E-state index contributed by atoms with van der Waals surface area (Å²) < 4.78 is 7.40. The van der Waals surface area contributed by atoms with Gasteiger partial charge < -0.3 is 10.1 Å². The maximum absolute atomic E-state index is 5.22. The van der Waals surface area contributed by atoms with Gasteiger partial charge in [-0.05, 0) is 52.1 Å². The summed E-state index contributed by atoms with van der Waals surface area (Å²) in [5.41, 5.74) is 1.20. The fraction of sp³-hybridized carbons (Fsp3) is 0.231. The zero-order valence-electron chi connectivity index (χ0n) is 10.0. The van der Waals surface area contributed by atoms with Crippen molar-refractivity contribution >= 4 is 43.2 Å². The standard InChI is InChI=1S/C13H13Br2NOS/c1-16-12(13-10(14)5-6-18-13)9-4-3-8(17-2)7-11(9)15/h3-7,12,16H,1-2H3. The van der Waals surface area contributed by atoms with Crippen LogP contribution in [-0.4, -0.2) is 14.2 Å². The van der Waals surface area contributed by atoms with Gasteiger partial charge in [0.25, 0.3) is 0 Å². The van der Waals surface area contributed by atoms with Gasteiger partial charge in [-0.3, -0.25) is 0 Å². The van der Waals surface area contributed by atoms with Crippen molar-refractivity contribution in [1.29, 1.82) is 0 Å². The SMILES string of the molecule is CNC(c1ccc(OC)cc1Br)c1sccc1Br. The molecule has 0 aliphatic heterocycles.